The predicted octanol–water partition coefficient (Wildman–Crippen LogP) is 17.0. The zero-order valence-corrected chi connectivity index (χ0v) is 53.1. The maximum atomic E-state index is 13.1. The van der Waals surface area contributed by atoms with Crippen molar-refractivity contribution in [2.45, 2.75) is 236 Å². The standard InChI is InChI=1S/C28H37N4O2.C14H14N2O3.2C9H20.C5H10.C4H10/c1-19-11-12-23-25(15-19)31(3)28(30-23)10-8-7-9-26(33)21-16-20(2)29-24(17-21)22-18-32(4,5)14-13-27(22)34-6;1-8-2-3-10-9(6-8)7-16(14(10)19)11-4-5-12(17)15-13(11)18;1-4-6-7-8-9(3)5-2;1-4-7-8-9(5-2)6-3;1-2-4-5-3-1;1-3-4-2/h10-12,15-17,30H,7-9,13-14,18H2,1-6H3;2-3,6,11H,4-5,7H2,1H3,(H,15,17,18);2*9H,4-8H2,1-3H3;1-5H2;3-4H2,1-2H3/q+1;;;;;/b28-10-;;;;;. The summed E-state index contributed by atoms with van der Waals surface area (Å²) in [4.78, 5) is 56.8. The van der Waals surface area contributed by atoms with Gasteiger partial charge in [-0.3, -0.25) is 29.5 Å². The van der Waals surface area contributed by atoms with Gasteiger partial charge in [0.25, 0.3) is 5.91 Å². The number of likely N-dealkylation sites (N-methyl/N-ethyl adjacent to an activating group) is 1. The number of ketones is 1. The Morgan fingerprint density at radius 3 is 2.02 bits per heavy atom. The Labute approximate surface area is 487 Å². The van der Waals surface area contributed by atoms with Crippen LogP contribution in [0, 0.1) is 32.6 Å². The summed E-state index contributed by atoms with van der Waals surface area (Å²) in [5, 5.41) is 5.77. The molecule has 2 unspecified atom stereocenters. The van der Waals surface area contributed by atoms with Crippen molar-refractivity contribution < 1.29 is 28.4 Å². The SMILES string of the molecule is C1CCCC1.CCCC.CCCCC(CC)CC.CCCCCC(C)CC.COC1=C(c2cc(C(=O)CCC/C=C3/Nc4ccc(C)cc4N3C)cc(C)n2)C[N+](C)(C)CC1.Cc1ccc2c(c1)CN(C1CCC(=O)NC1=O)C2=O. The zero-order valence-electron chi connectivity index (χ0n) is 53.1. The first-order chi connectivity index (χ1) is 38.3. The van der Waals surface area contributed by atoms with Crippen LogP contribution in [-0.2, 0) is 20.9 Å². The summed E-state index contributed by atoms with van der Waals surface area (Å²) in [6, 6.07) is 15.4. The lowest BCUT2D eigenvalue weighted by molar-refractivity contribution is -0.884. The fraction of sp³-hybridized carbons (Fsp3) is 0.638. The average Bonchev–Trinajstić information content (AvgIpc) is 4.23. The summed E-state index contributed by atoms with van der Waals surface area (Å²) in [7, 11) is 8.25. The molecule has 8 rings (SSSR count). The highest BCUT2D eigenvalue weighted by Gasteiger charge is 2.39. The number of nitrogens with zero attached hydrogens (tertiary/aromatic N) is 4. The third kappa shape index (κ3) is 23.3. The van der Waals surface area contributed by atoms with Crippen LogP contribution < -0.4 is 15.5 Å². The monoisotopic (exact) mass is 1100 g/mol. The van der Waals surface area contributed by atoms with E-state index in [1.165, 1.54) is 120 Å². The molecule has 3 amide bonds. The topological polar surface area (TPSA) is 121 Å². The van der Waals surface area contributed by atoms with Crippen LogP contribution in [0.15, 0.2) is 66.2 Å². The number of ether oxygens (including phenoxy) is 1. The molecule has 5 aliphatic rings. The molecule has 0 spiro atoms. The fourth-order valence-corrected chi connectivity index (χ4v) is 10.5. The van der Waals surface area contributed by atoms with Crippen molar-refractivity contribution in [3.05, 3.63) is 105 Å². The number of amides is 3. The molecule has 2 aromatic carbocycles. The number of unbranched alkanes of at least 4 members (excludes halogenated alkanes) is 5. The van der Waals surface area contributed by atoms with Crippen molar-refractivity contribution in [3.63, 3.8) is 0 Å². The minimum atomic E-state index is -0.530. The highest BCUT2D eigenvalue weighted by atomic mass is 16.5. The van der Waals surface area contributed by atoms with Crippen molar-refractivity contribution in [2.75, 3.05) is 51.6 Å². The molecule has 2 fully saturated rings. The maximum Gasteiger partial charge on any atom is 0.255 e. The van der Waals surface area contributed by atoms with E-state index in [1.54, 1.807) is 18.1 Å². The number of hydrogen-bond acceptors (Lipinski definition) is 8. The summed E-state index contributed by atoms with van der Waals surface area (Å²) in [6.07, 6.45) is 30.0. The summed E-state index contributed by atoms with van der Waals surface area (Å²) >= 11 is 0. The van der Waals surface area contributed by atoms with Gasteiger partial charge in [0.15, 0.2) is 5.78 Å². The van der Waals surface area contributed by atoms with E-state index in [1.807, 2.05) is 38.1 Å². The van der Waals surface area contributed by atoms with E-state index in [2.05, 4.69) is 123 Å². The number of carbonyl (C=O) groups excluding carboxylic acids is 4. The third-order valence-corrected chi connectivity index (χ3v) is 16.3. The molecule has 11 nitrogen and oxygen atoms in total. The summed E-state index contributed by atoms with van der Waals surface area (Å²) in [5.41, 5.74) is 9.88. The second kappa shape index (κ2) is 36.9. The van der Waals surface area contributed by atoms with Gasteiger partial charge in [0.1, 0.15) is 24.2 Å². The predicted molar refractivity (Wildman–Crippen MR) is 337 cm³/mol. The molecule has 2 atom stereocenters. The molecule has 4 aliphatic heterocycles. The Kier molecular flexibility index (Phi) is 31.9. The molecule has 5 heterocycles. The number of Topliss-reactive ketones (excluding diaryl/α,β-unsaturated/α-hetero) is 1. The second-order valence-corrected chi connectivity index (χ2v) is 23.8. The number of imide groups is 1. The molecule has 1 aliphatic carbocycles. The molecule has 3 aromatic rings. The van der Waals surface area contributed by atoms with Crippen LogP contribution >= 0.6 is 0 Å². The summed E-state index contributed by atoms with van der Waals surface area (Å²) in [6.45, 7) is 26.5. The van der Waals surface area contributed by atoms with Crippen LogP contribution in [0.1, 0.15) is 252 Å². The number of nitrogens with one attached hydrogen (secondary N) is 2. The quantitative estimate of drug-likeness (QED) is 0.0527. The molecule has 0 bridgehead atoms. The van der Waals surface area contributed by atoms with Gasteiger partial charge in [-0.15, -0.1) is 0 Å². The van der Waals surface area contributed by atoms with E-state index in [0.717, 1.165) is 99.6 Å². The minimum Gasteiger partial charge on any atom is -0.500 e. The van der Waals surface area contributed by atoms with E-state index in [0.29, 0.717) is 24.9 Å². The van der Waals surface area contributed by atoms with Gasteiger partial charge in [0.05, 0.1) is 56.8 Å². The average molecular weight is 1100 g/mol. The Morgan fingerprint density at radius 2 is 1.43 bits per heavy atom. The van der Waals surface area contributed by atoms with E-state index in [-0.39, 0.29) is 29.9 Å². The number of pyridine rings is 1. The molecule has 11 heteroatoms. The number of fused-ring (bicyclic) bond motifs is 2. The van der Waals surface area contributed by atoms with E-state index < -0.39 is 6.04 Å². The number of quaternary nitrogens is 1. The van der Waals surface area contributed by atoms with E-state index >= 15 is 0 Å². The first-order valence-corrected chi connectivity index (χ1v) is 31.5. The highest BCUT2D eigenvalue weighted by Crippen LogP contribution is 2.36. The zero-order chi connectivity index (χ0) is 59.2. The Morgan fingerprint density at radius 1 is 0.775 bits per heavy atom. The van der Waals surface area contributed by atoms with Crippen LogP contribution in [0.5, 0.6) is 0 Å². The third-order valence-electron chi connectivity index (χ3n) is 16.3. The van der Waals surface area contributed by atoms with Crippen LogP contribution in [0.2, 0.25) is 0 Å². The van der Waals surface area contributed by atoms with Crippen molar-refractivity contribution in [2.24, 2.45) is 11.8 Å². The first-order valence-electron chi connectivity index (χ1n) is 31.5. The number of benzene rings is 2. The first kappa shape index (κ1) is 69.0. The van der Waals surface area contributed by atoms with Crippen molar-refractivity contribution in [3.8, 4) is 0 Å². The second-order valence-electron chi connectivity index (χ2n) is 23.8. The number of allylic oxidation sites excluding steroid dienone is 1. The number of piperidine rings is 1. The van der Waals surface area contributed by atoms with Crippen LogP contribution in [0.4, 0.5) is 11.4 Å². The van der Waals surface area contributed by atoms with Gasteiger partial charge in [0.2, 0.25) is 11.8 Å². The largest absolute Gasteiger partial charge is 0.500 e. The lowest BCUT2D eigenvalue weighted by atomic mass is 9.97. The number of rotatable bonds is 19. The molecular weight excluding hydrogens is 993 g/mol. The Balaban J connectivity index is 0.000000303. The minimum absolute atomic E-state index is 0.121. The van der Waals surface area contributed by atoms with E-state index in [9.17, 15) is 19.2 Å². The molecule has 80 heavy (non-hydrogen) atoms. The van der Waals surface area contributed by atoms with Crippen LogP contribution in [0.25, 0.3) is 5.57 Å². The number of carbonyl (C=O) groups is 4. The van der Waals surface area contributed by atoms with Gasteiger partial charge in [-0.05, 0) is 99.4 Å². The van der Waals surface area contributed by atoms with Gasteiger partial charge < -0.3 is 24.3 Å². The normalized spacial score (nSPS) is 17.7. The molecule has 446 valence electrons. The molecule has 2 N–H and O–H groups in total. The number of anilines is 2. The lowest BCUT2D eigenvalue weighted by Crippen LogP contribution is -2.52. The van der Waals surface area contributed by atoms with Crippen molar-refractivity contribution in [1.29, 1.82) is 0 Å². The molecule has 0 radical (unpaired) electrons. The Bertz CT molecular complexity index is 2420. The van der Waals surface area contributed by atoms with Gasteiger partial charge in [-0.25, -0.2) is 0 Å². The summed E-state index contributed by atoms with van der Waals surface area (Å²) in [5.74, 6) is 3.44. The number of hydrogen-bond donors (Lipinski definition) is 2. The van der Waals surface area contributed by atoms with Gasteiger partial charge in [-0.1, -0.05) is 188 Å². The molecule has 1 aromatic heterocycles. The fourth-order valence-electron chi connectivity index (χ4n) is 10.5. The van der Waals surface area contributed by atoms with Crippen molar-refractivity contribution in [1.82, 2.24) is 15.2 Å². The van der Waals surface area contributed by atoms with Gasteiger partial charge in [0, 0.05) is 43.3 Å². The number of aromatic nitrogens is 1. The summed E-state index contributed by atoms with van der Waals surface area (Å²) < 4.78 is 6.58. The maximum absolute atomic E-state index is 13.1. The van der Waals surface area contributed by atoms with Gasteiger partial charge >= 0.3 is 0 Å². The van der Waals surface area contributed by atoms with Gasteiger partial charge in [-0.2, -0.15) is 0 Å². The Hall–Kier alpha value is -5.29. The number of aryl methyl sites for hydroxylation is 3. The molecule has 1 saturated carbocycles. The lowest BCUT2D eigenvalue weighted by Gasteiger charge is -2.35. The van der Waals surface area contributed by atoms with E-state index in [4.69, 9.17) is 9.72 Å². The molecular formula is C69H111N6O5+. The smallest absolute Gasteiger partial charge is 0.255 e. The van der Waals surface area contributed by atoms with Crippen molar-refractivity contribution >= 4 is 40.5 Å². The highest BCUT2D eigenvalue weighted by molar-refractivity contribution is 6.05. The van der Waals surface area contributed by atoms with Crippen LogP contribution in [0.3, 0.4) is 0 Å². The number of methoxy groups -OCH3 is 1. The molecule has 1 saturated heterocycles. The van der Waals surface area contributed by atoms with Crippen LogP contribution in [-0.4, -0.2) is 85.3 Å².